The third-order valence-electron chi connectivity index (χ3n) is 4.41. The van der Waals surface area contributed by atoms with Crippen LogP contribution in [-0.4, -0.2) is 55.0 Å². The van der Waals surface area contributed by atoms with Gasteiger partial charge in [-0.05, 0) is 23.8 Å². The predicted molar refractivity (Wildman–Crippen MR) is 103 cm³/mol. The molecule has 26 heavy (non-hydrogen) atoms. The molecule has 1 aliphatic rings. The Morgan fingerprint density at radius 2 is 1.73 bits per heavy atom. The average Bonchev–Trinajstić information content (AvgIpc) is 2.64. The number of nitrogens with zero attached hydrogens (tertiary/aromatic N) is 2. The van der Waals surface area contributed by atoms with Crippen molar-refractivity contribution in [2.24, 2.45) is 0 Å². The van der Waals surface area contributed by atoms with E-state index in [0.717, 1.165) is 32.7 Å². The standard InChI is InChI=1S/C21H24FN3O/c22-19-9-4-10-20(16-19)23-21(26)17-25-14-12-24(13-15-25)11-5-8-18-6-2-1-3-7-18/h1-10,16H,11-15,17H2,(H,23,26)/b8-5+. The monoisotopic (exact) mass is 353 g/mol. The van der Waals surface area contributed by atoms with Crippen molar-refractivity contribution in [3.63, 3.8) is 0 Å². The van der Waals surface area contributed by atoms with Crippen LogP contribution in [0.2, 0.25) is 0 Å². The third kappa shape index (κ3) is 5.79. The van der Waals surface area contributed by atoms with Crippen LogP contribution in [0.3, 0.4) is 0 Å². The van der Waals surface area contributed by atoms with Crippen LogP contribution < -0.4 is 5.32 Å². The molecule has 0 atom stereocenters. The number of benzene rings is 2. The second-order valence-corrected chi connectivity index (χ2v) is 6.45. The van der Waals surface area contributed by atoms with Gasteiger partial charge in [-0.25, -0.2) is 4.39 Å². The molecule has 136 valence electrons. The molecule has 2 aromatic carbocycles. The van der Waals surface area contributed by atoms with E-state index in [0.29, 0.717) is 12.2 Å². The van der Waals surface area contributed by atoms with Gasteiger partial charge in [-0.3, -0.25) is 14.6 Å². The number of rotatable bonds is 6. The smallest absolute Gasteiger partial charge is 0.238 e. The number of hydrogen-bond acceptors (Lipinski definition) is 3. The molecule has 0 spiro atoms. The summed E-state index contributed by atoms with van der Waals surface area (Å²) in [6.45, 7) is 4.84. The molecule has 5 heteroatoms. The number of halogens is 1. The van der Waals surface area contributed by atoms with Gasteiger partial charge in [0.2, 0.25) is 5.91 Å². The lowest BCUT2D eigenvalue weighted by Gasteiger charge is -2.33. The highest BCUT2D eigenvalue weighted by Gasteiger charge is 2.18. The topological polar surface area (TPSA) is 35.6 Å². The zero-order chi connectivity index (χ0) is 18.2. The van der Waals surface area contributed by atoms with Crippen LogP contribution in [0.5, 0.6) is 0 Å². The van der Waals surface area contributed by atoms with E-state index in [1.165, 1.54) is 17.7 Å². The van der Waals surface area contributed by atoms with Crippen molar-refractivity contribution in [1.29, 1.82) is 0 Å². The summed E-state index contributed by atoms with van der Waals surface area (Å²) in [5, 5.41) is 2.75. The lowest BCUT2D eigenvalue weighted by Crippen LogP contribution is -2.48. The number of carbonyl (C=O) groups excluding carboxylic acids is 1. The van der Waals surface area contributed by atoms with Gasteiger partial charge in [-0.15, -0.1) is 0 Å². The maximum absolute atomic E-state index is 13.2. The van der Waals surface area contributed by atoms with Crippen LogP contribution in [0.15, 0.2) is 60.7 Å². The zero-order valence-corrected chi connectivity index (χ0v) is 14.8. The molecule has 1 N–H and O–H groups in total. The van der Waals surface area contributed by atoms with E-state index in [1.54, 1.807) is 12.1 Å². The fraction of sp³-hybridized carbons (Fsp3) is 0.286. The first-order chi connectivity index (χ1) is 12.7. The highest BCUT2D eigenvalue weighted by atomic mass is 19.1. The summed E-state index contributed by atoms with van der Waals surface area (Å²) in [7, 11) is 0. The average molecular weight is 353 g/mol. The normalized spacial score (nSPS) is 16.0. The molecule has 1 fully saturated rings. The number of anilines is 1. The fourth-order valence-corrected chi connectivity index (χ4v) is 3.00. The molecule has 3 rings (SSSR count). The van der Waals surface area contributed by atoms with E-state index in [2.05, 4.69) is 39.4 Å². The van der Waals surface area contributed by atoms with Gasteiger partial charge >= 0.3 is 0 Å². The molecule has 1 saturated heterocycles. The summed E-state index contributed by atoms with van der Waals surface area (Å²) in [4.78, 5) is 16.6. The summed E-state index contributed by atoms with van der Waals surface area (Å²) in [5.41, 5.74) is 1.71. The number of carbonyl (C=O) groups is 1. The van der Waals surface area contributed by atoms with Crippen LogP contribution in [-0.2, 0) is 4.79 Å². The number of nitrogens with one attached hydrogen (secondary N) is 1. The maximum Gasteiger partial charge on any atom is 0.238 e. The minimum Gasteiger partial charge on any atom is -0.325 e. The molecular formula is C21H24FN3O. The van der Waals surface area contributed by atoms with Gasteiger partial charge in [-0.1, -0.05) is 48.6 Å². The Kier molecular flexibility index (Phi) is 6.52. The molecule has 0 radical (unpaired) electrons. The molecule has 0 saturated carbocycles. The van der Waals surface area contributed by atoms with Gasteiger partial charge < -0.3 is 5.32 Å². The van der Waals surface area contributed by atoms with Gasteiger partial charge in [0, 0.05) is 38.4 Å². The fourth-order valence-electron chi connectivity index (χ4n) is 3.00. The molecule has 0 bridgehead atoms. The van der Waals surface area contributed by atoms with E-state index < -0.39 is 0 Å². The minimum absolute atomic E-state index is 0.104. The van der Waals surface area contributed by atoms with Crippen LogP contribution in [0.4, 0.5) is 10.1 Å². The highest BCUT2D eigenvalue weighted by molar-refractivity contribution is 5.92. The minimum atomic E-state index is -0.347. The van der Waals surface area contributed by atoms with Gasteiger partial charge in [0.15, 0.2) is 0 Å². The van der Waals surface area contributed by atoms with Gasteiger partial charge in [0.1, 0.15) is 5.82 Å². The lowest BCUT2D eigenvalue weighted by atomic mass is 10.2. The molecule has 0 aliphatic carbocycles. The largest absolute Gasteiger partial charge is 0.325 e. The van der Waals surface area contributed by atoms with Crippen molar-refractivity contribution < 1.29 is 9.18 Å². The Morgan fingerprint density at radius 3 is 2.46 bits per heavy atom. The van der Waals surface area contributed by atoms with Crippen LogP contribution in [0.1, 0.15) is 5.56 Å². The van der Waals surface area contributed by atoms with Crippen LogP contribution >= 0.6 is 0 Å². The van der Waals surface area contributed by atoms with Crippen molar-refractivity contribution in [3.05, 3.63) is 72.1 Å². The number of amides is 1. The highest BCUT2D eigenvalue weighted by Crippen LogP contribution is 2.10. The summed E-state index contributed by atoms with van der Waals surface area (Å²) in [5.74, 6) is -0.451. The lowest BCUT2D eigenvalue weighted by molar-refractivity contribution is -0.117. The molecular weight excluding hydrogens is 329 g/mol. The van der Waals surface area contributed by atoms with Crippen molar-refractivity contribution >= 4 is 17.7 Å². The first-order valence-corrected chi connectivity index (χ1v) is 8.91. The van der Waals surface area contributed by atoms with Crippen molar-refractivity contribution in [2.45, 2.75) is 0 Å². The molecule has 1 heterocycles. The van der Waals surface area contributed by atoms with E-state index in [4.69, 9.17) is 0 Å². The Balaban J connectivity index is 1.38. The molecule has 0 aromatic heterocycles. The SMILES string of the molecule is O=C(CN1CCN(C/C=C/c2ccccc2)CC1)Nc1cccc(F)c1. The summed E-state index contributed by atoms with van der Waals surface area (Å²) < 4.78 is 13.2. The molecule has 1 aliphatic heterocycles. The molecule has 2 aromatic rings. The second-order valence-electron chi connectivity index (χ2n) is 6.45. The van der Waals surface area contributed by atoms with Crippen LogP contribution in [0.25, 0.3) is 6.08 Å². The Bertz CT molecular complexity index is 740. The predicted octanol–water partition coefficient (Wildman–Crippen LogP) is 3.10. The van der Waals surface area contributed by atoms with Gasteiger partial charge in [-0.2, -0.15) is 0 Å². The summed E-state index contributed by atoms with van der Waals surface area (Å²) in [6.07, 6.45) is 4.32. The zero-order valence-electron chi connectivity index (χ0n) is 14.8. The summed E-state index contributed by atoms with van der Waals surface area (Å²) in [6, 6.07) is 16.2. The first kappa shape index (κ1) is 18.3. The molecule has 1 amide bonds. The second kappa shape index (κ2) is 9.27. The van der Waals surface area contributed by atoms with Crippen molar-refractivity contribution in [1.82, 2.24) is 9.80 Å². The van der Waals surface area contributed by atoms with Crippen LogP contribution in [0, 0.1) is 5.82 Å². The van der Waals surface area contributed by atoms with Gasteiger partial charge in [0.25, 0.3) is 0 Å². The van der Waals surface area contributed by atoms with E-state index in [1.807, 2.05) is 18.2 Å². The molecule has 0 unspecified atom stereocenters. The van der Waals surface area contributed by atoms with E-state index in [-0.39, 0.29) is 11.7 Å². The maximum atomic E-state index is 13.2. The summed E-state index contributed by atoms with van der Waals surface area (Å²) >= 11 is 0. The Labute approximate surface area is 153 Å². The number of hydrogen-bond donors (Lipinski definition) is 1. The Hall–Kier alpha value is -2.50. The van der Waals surface area contributed by atoms with Crippen molar-refractivity contribution in [3.8, 4) is 0 Å². The first-order valence-electron chi connectivity index (χ1n) is 8.91. The van der Waals surface area contributed by atoms with E-state index in [9.17, 15) is 9.18 Å². The van der Waals surface area contributed by atoms with Gasteiger partial charge in [0.05, 0.1) is 6.54 Å². The Morgan fingerprint density at radius 1 is 1.00 bits per heavy atom. The number of piperazine rings is 1. The van der Waals surface area contributed by atoms with E-state index >= 15 is 0 Å². The van der Waals surface area contributed by atoms with Crippen molar-refractivity contribution in [2.75, 3.05) is 44.6 Å². The third-order valence-corrected chi connectivity index (χ3v) is 4.41. The molecule has 4 nitrogen and oxygen atoms in total. The quantitative estimate of drug-likeness (QED) is 0.867.